The maximum atomic E-state index is 13.1. The van der Waals surface area contributed by atoms with Crippen LogP contribution in [0.25, 0.3) is 0 Å². The van der Waals surface area contributed by atoms with Gasteiger partial charge in [0.05, 0.1) is 26.4 Å². The molecule has 0 spiro atoms. The van der Waals surface area contributed by atoms with Crippen LogP contribution in [0.5, 0.6) is 0 Å². The normalized spacial score (nSPS) is 14.1. The van der Waals surface area contributed by atoms with Gasteiger partial charge < -0.3 is 33.8 Å². The highest BCUT2D eigenvalue weighted by Gasteiger charge is 2.30. The van der Waals surface area contributed by atoms with Crippen molar-refractivity contribution in [3.63, 3.8) is 0 Å². The monoisotopic (exact) mass is 1410 g/mol. The fourth-order valence-corrected chi connectivity index (χ4v) is 13.4. The van der Waals surface area contributed by atoms with Crippen molar-refractivity contribution in [2.24, 2.45) is 17.8 Å². The van der Waals surface area contributed by atoms with Gasteiger partial charge in [0, 0.05) is 25.7 Å². The van der Waals surface area contributed by atoms with Crippen LogP contribution in [-0.4, -0.2) is 96.7 Å². The van der Waals surface area contributed by atoms with E-state index in [1.54, 1.807) is 0 Å². The second-order valence-corrected chi connectivity index (χ2v) is 32.1. The maximum Gasteiger partial charge on any atom is 0.472 e. The molecule has 0 aliphatic heterocycles. The molecular weight excluding hydrogens is 1260 g/mol. The van der Waals surface area contributed by atoms with Crippen molar-refractivity contribution in [2.45, 2.75) is 414 Å². The molecule has 19 heteroatoms. The van der Waals surface area contributed by atoms with Crippen LogP contribution in [0, 0.1) is 17.8 Å². The van der Waals surface area contributed by atoms with E-state index >= 15 is 0 Å². The number of ether oxygens (including phenoxy) is 4. The van der Waals surface area contributed by atoms with Crippen LogP contribution in [0.15, 0.2) is 0 Å². The van der Waals surface area contributed by atoms with Crippen LogP contribution in [-0.2, 0) is 65.4 Å². The van der Waals surface area contributed by atoms with Gasteiger partial charge in [-0.2, -0.15) is 0 Å². The van der Waals surface area contributed by atoms with Gasteiger partial charge in [0.1, 0.15) is 19.3 Å². The zero-order valence-electron chi connectivity index (χ0n) is 62.8. The van der Waals surface area contributed by atoms with E-state index in [1.165, 1.54) is 205 Å². The van der Waals surface area contributed by atoms with Gasteiger partial charge in [-0.3, -0.25) is 37.3 Å². The molecule has 0 saturated heterocycles. The van der Waals surface area contributed by atoms with E-state index in [2.05, 4.69) is 48.5 Å². The smallest absolute Gasteiger partial charge is 0.462 e. The first-order chi connectivity index (χ1) is 46.2. The van der Waals surface area contributed by atoms with Crippen molar-refractivity contribution in [3.05, 3.63) is 0 Å². The summed E-state index contributed by atoms with van der Waals surface area (Å²) in [6, 6.07) is 0. The number of hydrogen-bond donors (Lipinski definition) is 3. The molecule has 570 valence electrons. The van der Waals surface area contributed by atoms with E-state index in [9.17, 15) is 43.2 Å². The van der Waals surface area contributed by atoms with Crippen LogP contribution in [0.1, 0.15) is 395 Å². The topological polar surface area (TPSA) is 237 Å². The van der Waals surface area contributed by atoms with Gasteiger partial charge >= 0.3 is 39.5 Å². The van der Waals surface area contributed by atoms with Gasteiger partial charge in [-0.15, -0.1) is 0 Å². The van der Waals surface area contributed by atoms with Crippen LogP contribution in [0.3, 0.4) is 0 Å². The van der Waals surface area contributed by atoms with Gasteiger partial charge in [0.2, 0.25) is 0 Å². The summed E-state index contributed by atoms with van der Waals surface area (Å²) in [5.74, 6) is 0.219. The first-order valence-corrected chi connectivity index (χ1v) is 42.8. The quantitative estimate of drug-likeness (QED) is 0.0222. The van der Waals surface area contributed by atoms with Crippen molar-refractivity contribution >= 4 is 39.5 Å². The molecule has 0 aromatic heterocycles. The van der Waals surface area contributed by atoms with Crippen molar-refractivity contribution in [2.75, 3.05) is 39.6 Å². The van der Waals surface area contributed by atoms with Gasteiger partial charge in [-0.05, 0) is 43.4 Å². The van der Waals surface area contributed by atoms with Gasteiger partial charge in [0.25, 0.3) is 0 Å². The van der Waals surface area contributed by atoms with Crippen LogP contribution < -0.4 is 0 Å². The molecule has 0 aromatic carbocycles. The fraction of sp³-hybridized carbons (Fsp3) is 0.948. The highest BCUT2D eigenvalue weighted by atomic mass is 31.2. The average molecular weight is 1410 g/mol. The van der Waals surface area contributed by atoms with Gasteiger partial charge in [-0.25, -0.2) is 9.13 Å². The minimum atomic E-state index is -4.96. The predicted molar refractivity (Wildman–Crippen MR) is 391 cm³/mol. The summed E-state index contributed by atoms with van der Waals surface area (Å²) in [5.41, 5.74) is 0. The third-order valence-corrected chi connectivity index (χ3v) is 19.8. The fourth-order valence-electron chi connectivity index (χ4n) is 11.8. The molecule has 96 heavy (non-hydrogen) atoms. The Morgan fingerprint density at radius 2 is 0.479 bits per heavy atom. The summed E-state index contributed by atoms with van der Waals surface area (Å²) in [6.07, 6.45) is 54.1. The molecular formula is C77H150O17P2. The standard InChI is InChI=1S/C77H150O17P2/c1-8-9-10-11-12-27-37-44-51-58-74(79)87-64-72(94-77(82)61-54-47-40-33-26-30-36-43-50-57-70(6)7)66-91-95(83,84)89-62-71(78)63-90-96(85,86)92-67-73(65-88-75(80)59-52-45-38-31-24-21-17-19-23-29-35-42-49-56-69(4)5)93-76(81)60-53-46-39-32-25-20-16-14-13-15-18-22-28-34-41-48-55-68(2)3/h68-73,78H,8-67H2,1-7H3,(H,83,84)(H,85,86)/t71-,72+,73+/m0/s1. The molecule has 0 aromatic rings. The molecule has 0 fully saturated rings. The zero-order chi connectivity index (χ0) is 70.9. The molecule has 0 aliphatic rings. The maximum absolute atomic E-state index is 13.1. The number of rotatable bonds is 75. The molecule has 0 amide bonds. The lowest BCUT2D eigenvalue weighted by molar-refractivity contribution is -0.161. The minimum Gasteiger partial charge on any atom is -0.462 e. The van der Waals surface area contributed by atoms with Crippen LogP contribution in [0.4, 0.5) is 0 Å². The zero-order valence-corrected chi connectivity index (χ0v) is 64.6. The molecule has 0 heterocycles. The summed E-state index contributed by atoms with van der Waals surface area (Å²) >= 11 is 0. The molecule has 17 nitrogen and oxygen atoms in total. The third kappa shape index (κ3) is 70.5. The first-order valence-electron chi connectivity index (χ1n) is 39.8. The van der Waals surface area contributed by atoms with Crippen molar-refractivity contribution < 1.29 is 80.2 Å². The number of esters is 4. The number of carbonyl (C=O) groups is 4. The average Bonchev–Trinajstić information content (AvgIpc) is 1.55. The molecule has 0 radical (unpaired) electrons. The Morgan fingerprint density at radius 3 is 0.708 bits per heavy atom. The van der Waals surface area contributed by atoms with Crippen LogP contribution in [0.2, 0.25) is 0 Å². The third-order valence-electron chi connectivity index (χ3n) is 17.9. The summed E-state index contributed by atoms with van der Waals surface area (Å²) in [6.45, 7) is 11.9. The van der Waals surface area contributed by atoms with E-state index in [0.717, 1.165) is 108 Å². The lowest BCUT2D eigenvalue weighted by atomic mass is 10.0. The Labute approximate surface area is 588 Å². The number of unbranched alkanes of at least 4 members (excludes halogenated alkanes) is 43. The number of aliphatic hydroxyl groups excluding tert-OH is 1. The molecule has 2 unspecified atom stereocenters. The predicted octanol–water partition coefficient (Wildman–Crippen LogP) is 22.6. The number of aliphatic hydroxyl groups is 1. The number of phosphoric acid groups is 2. The molecule has 0 rings (SSSR count). The Kier molecular flexibility index (Phi) is 66.2. The Balaban J connectivity index is 5.22. The molecule has 0 bridgehead atoms. The molecule has 5 atom stereocenters. The first kappa shape index (κ1) is 94.1. The number of carbonyl (C=O) groups excluding carboxylic acids is 4. The summed E-state index contributed by atoms with van der Waals surface area (Å²) < 4.78 is 68.5. The van der Waals surface area contributed by atoms with Crippen molar-refractivity contribution in [3.8, 4) is 0 Å². The Morgan fingerprint density at radius 1 is 0.281 bits per heavy atom. The van der Waals surface area contributed by atoms with E-state index in [1.807, 2.05) is 0 Å². The molecule has 0 saturated carbocycles. The highest BCUT2D eigenvalue weighted by molar-refractivity contribution is 7.47. The summed E-state index contributed by atoms with van der Waals surface area (Å²) in [7, 11) is -9.91. The van der Waals surface area contributed by atoms with E-state index < -0.39 is 97.5 Å². The van der Waals surface area contributed by atoms with E-state index in [4.69, 9.17) is 37.0 Å². The van der Waals surface area contributed by atoms with Crippen molar-refractivity contribution in [1.82, 2.24) is 0 Å². The van der Waals surface area contributed by atoms with Gasteiger partial charge in [-0.1, -0.05) is 344 Å². The Hall–Kier alpha value is -1.94. The summed E-state index contributed by atoms with van der Waals surface area (Å²) in [4.78, 5) is 72.8. The van der Waals surface area contributed by atoms with E-state index in [-0.39, 0.29) is 25.7 Å². The van der Waals surface area contributed by atoms with E-state index in [0.29, 0.717) is 25.7 Å². The molecule has 0 aliphatic carbocycles. The van der Waals surface area contributed by atoms with Crippen molar-refractivity contribution in [1.29, 1.82) is 0 Å². The molecule has 3 N–H and O–H groups in total. The lowest BCUT2D eigenvalue weighted by Crippen LogP contribution is -2.30. The number of hydrogen-bond acceptors (Lipinski definition) is 15. The van der Waals surface area contributed by atoms with Crippen LogP contribution >= 0.6 is 15.6 Å². The largest absolute Gasteiger partial charge is 0.472 e. The highest BCUT2D eigenvalue weighted by Crippen LogP contribution is 2.45. The number of phosphoric ester groups is 2. The SMILES string of the molecule is CCCCCCCCCCCC(=O)OC[C@H](COP(=O)(O)OC[C@H](O)COP(=O)(O)OC[C@@H](COC(=O)CCCCCCCCCCCCCCCC(C)C)OC(=O)CCCCCCCCCCCCCCCCCCC(C)C)OC(=O)CCCCCCCCCCCC(C)C. The van der Waals surface area contributed by atoms with Gasteiger partial charge in [0.15, 0.2) is 12.2 Å². The summed E-state index contributed by atoms with van der Waals surface area (Å²) in [5, 5.41) is 10.6. The second kappa shape index (κ2) is 67.5. The Bertz CT molecular complexity index is 1870. The lowest BCUT2D eigenvalue weighted by Gasteiger charge is -2.21. The minimum absolute atomic E-state index is 0.105. The second-order valence-electron chi connectivity index (χ2n) is 29.2.